The SMILES string of the molecule is CCOC(=O)c1cc(C)cc2[nH]c(C(=O)c3ccccc3)c(NC(C)=O)c12. The number of aryl methyl sites for hydroxylation is 1. The van der Waals surface area contributed by atoms with Crippen LogP contribution in [0.3, 0.4) is 0 Å². The number of hydrogen-bond acceptors (Lipinski definition) is 4. The lowest BCUT2D eigenvalue weighted by atomic mass is 10.0. The summed E-state index contributed by atoms with van der Waals surface area (Å²) in [6.45, 7) is 5.15. The van der Waals surface area contributed by atoms with E-state index in [9.17, 15) is 14.4 Å². The molecule has 0 saturated heterocycles. The minimum Gasteiger partial charge on any atom is -0.462 e. The maximum atomic E-state index is 13.0. The largest absolute Gasteiger partial charge is 0.462 e. The first-order valence-electron chi connectivity index (χ1n) is 8.63. The molecule has 1 heterocycles. The number of aromatic nitrogens is 1. The molecule has 0 bridgehead atoms. The monoisotopic (exact) mass is 364 g/mol. The van der Waals surface area contributed by atoms with Crippen LogP contribution in [0.4, 0.5) is 5.69 Å². The van der Waals surface area contributed by atoms with E-state index < -0.39 is 5.97 Å². The molecule has 1 aromatic heterocycles. The molecule has 2 aromatic carbocycles. The third-order valence-electron chi connectivity index (χ3n) is 4.10. The first kappa shape index (κ1) is 18.4. The van der Waals surface area contributed by atoms with Gasteiger partial charge in [-0.2, -0.15) is 0 Å². The highest BCUT2D eigenvalue weighted by Crippen LogP contribution is 2.33. The van der Waals surface area contributed by atoms with Gasteiger partial charge in [0.25, 0.3) is 0 Å². The average Bonchev–Trinajstić information content (AvgIpc) is 2.98. The van der Waals surface area contributed by atoms with E-state index in [-0.39, 0.29) is 29.7 Å². The Hall–Kier alpha value is -3.41. The molecule has 0 fully saturated rings. The van der Waals surface area contributed by atoms with E-state index in [1.54, 1.807) is 37.3 Å². The quantitative estimate of drug-likeness (QED) is 0.532. The predicted octanol–water partition coefficient (Wildman–Crippen LogP) is 3.84. The predicted molar refractivity (Wildman–Crippen MR) is 103 cm³/mol. The summed E-state index contributed by atoms with van der Waals surface area (Å²) in [5.41, 5.74) is 2.71. The van der Waals surface area contributed by atoms with Gasteiger partial charge in [-0.05, 0) is 31.5 Å². The van der Waals surface area contributed by atoms with Crippen LogP contribution in [0.2, 0.25) is 0 Å². The number of ether oxygens (including phenoxy) is 1. The summed E-state index contributed by atoms with van der Waals surface area (Å²) in [6.07, 6.45) is 0. The highest BCUT2D eigenvalue weighted by molar-refractivity contribution is 6.21. The van der Waals surface area contributed by atoms with Crippen molar-refractivity contribution in [2.24, 2.45) is 0 Å². The second-order valence-corrected chi connectivity index (χ2v) is 6.21. The van der Waals surface area contributed by atoms with Gasteiger partial charge in [-0.3, -0.25) is 9.59 Å². The maximum absolute atomic E-state index is 13.0. The molecule has 6 heteroatoms. The number of rotatable bonds is 5. The number of benzene rings is 2. The molecule has 0 unspecified atom stereocenters. The summed E-state index contributed by atoms with van der Waals surface area (Å²) >= 11 is 0. The number of carbonyl (C=O) groups is 3. The fraction of sp³-hybridized carbons (Fsp3) is 0.190. The van der Waals surface area contributed by atoms with Gasteiger partial charge in [-0.15, -0.1) is 0 Å². The lowest BCUT2D eigenvalue weighted by Crippen LogP contribution is -2.12. The van der Waals surface area contributed by atoms with Gasteiger partial charge in [0.05, 0.1) is 17.9 Å². The first-order chi connectivity index (χ1) is 12.9. The third kappa shape index (κ3) is 3.60. The van der Waals surface area contributed by atoms with E-state index in [4.69, 9.17) is 4.74 Å². The van der Waals surface area contributed by atoms with E-state index in [0.717, 1.165) is 5.56 Å². The van der Waals surface area contributed by atoms with E-state index >= 15 is 0 Å². The molecular weight excluding hydrogens is 344 g/mol. The van der Waals surface area contributed by atoms with Crippen LogP contribution < -0.4 is 5.32 Å². The van der Waals surface area contributed by atoms with Gasteiger partial charge in [0.15, 0.2) is 0 Å². The zero-order valence-corrected chi connectivity index (χ0v) is 15.4. The van der Waals surface area contributed by atoms with Crippen molar-refractivity contribution in [1.29, 1.82) is 0 Å². The molecule has 0 saturated carbocycles. The first-order valence-corrected chi connectivity index (χ1v) is 8.63. The van der Waals surface area contributed by atoms with Gasteiger partial charge in [0, 0.05) is 23.4 Å². The number of amides is 1. The van der Waals surface area contributed by atoms with E-state index in [2.05, 4.69) is 10.3 Å². The Morgan fingerprint density at radius 3 is 2.44 bits per heavy atom. The summed E-state index contributed by atoms with van der Waals surface area (Å²) in [5, 5.41) is 3.17. The molecular formula is C21H20N2O4. The molecule has 0 spiro atoms. The fourth-order valence-electron chi connectivity index (χ4n) is 3.05. The van der Waals surface area contributed by atoms with Crippen molar-refractivity contribution in [1.82, 2.24) is 4.98 Å². The third-order valence-corrected chi connectivity index (χ3v) is 4.10. The molecule has 3 rings (SSSR count). The Morgan fingerprint density at radius 2 is 1.81 bits per heavy atom. The van der Waals surface area contributed by atoms with Gasteiger partial charge in [0.1, 0.15) is 5.69 Å². The second kappa shape index (κ2) is 7.45. The summed E-state index contributed by atoms with van der Waals surface area (Å²) in [6, 6.07) is 12.3. The Bertz CT molecular complexity index is 1040. The van der Waals surface area contributed by atoms with Gasteiger partial charge < -0.3 is 15.0 Å². The molecule has 0 atom stereocenters. The van der Waals surface area contributed by atoms with Crippen molar-refractivity contribution < 1.29 is 19.1 Å². The van der Waals surface area contributed by atoms with Crippen LogP contribution in [0.5, 0.6) is 0 Å². The molecule has 1 amide bonds. The van der Waals surface area contributed by atoms with Crippen LogP contribution >= 0.6 is 0 Å². The van der Waals surface area contributed by atoms with Crippen molar-refractivity contribution in [3.05, 3.63) is 64.8 Å². The molecule has 2 N–H and O–H groups in total. The van der Waals surface area contributed by atoms with Crippen molar-refractivity contribution in [2.75, 3.05) is 11.9 Å². The molecule has 3 aromatic rings. The van der Waals surface area contributed by atoms with Gasteiger partial charge in [-0.1, -0.05) is 30.3 Å². The summed E-state index contributed by atoms with van der Waals surface area (Å²) in [4.78, 5) is 40.3. The standard InChI is InChI=1S/C21H20N2O4/c1-4-27-21(26)15-10-12(2)11-16-17(15)18(22-13(3)24)19(23-16)20(25)14-8-6-5-7-9-14/h5-11,23H,4H2,1-3H3,(H,22,24). The number of carbonyl (C=O) groups excluding carboxylic acids is 3. The fourth-order valence-corrected chi connectivity index (χ4v) is 3.05. The Balaban J connectivity index is 2.28. The number of anilines is 1. The van der Waals surface area contributed by atoms with E-state index in [0.29, 0.717) is 22.0 Å². The van der Waals surface area contributed by atoms with Crippen LogP contribution in [0, 0.1) is 6.92 Å². The van der Waals surface area contributed by atoms with Crippen LogP contribution in [-0.4, -0.2) is 29.3 Å². The number of fused-ring (bicyclic) bond motifs is 1. The van der Waals surface area contributed by atoms with Crippen LogP contribution in [0.1, 0.15) is 45.8 Å². The van der Waals surface area contributed by atoms with Crippen molar-refractivity contribution >= 4 is 34.3 Å². The minimum atomic E-state index is -0.504. The van der Waals surface area contributed by atoms with E-state index in [1.807, 2.05) is 19.1 Å². The number of aromatic amines is 1. The summed E-state index contributed by atoms with van der Waals surface area (Å²) < 4.78 is 5.15. The average molecular weight is 364 g/mol. The number of esters is 1. The summed E-state index contributed by atoms with van der Waals surface area (Å²) in [7, 11) is 0. The van der Waals surface area contributed by atoms with Gasteiger partial charge >= 0.3 is 5.97 Å². The lowest BCUT2D eigenvalue weighted by molar-refractivity contribution is -0.114. The Labute approximate surface area is 156 Å². The molecule has 138 valence electrons. The summed E-state index contributed by atoms with van der Waals surface area (Å²) in [5.74, 6) is -1.12. The lowest BCUT2D eigenvalue weighted by Gasteiger charge is -2.09. The van der Waals surface area contributed by atoms with E-state index in [1.165, 1.54) is 6.92 Å². The molecule has 6 nitrogen and oxygen atoms in total. The van der Waals surface area contributed by atoms with Crippen molar-refractivity contribution in [3.8, 4) is 0 Å². The highest BCUT2D eigenvalue weighted by Gasteiger charge is 2.24. The van der Waals surface area contributed by atoms with Crippen molar-refractivity contribution in [3.63, 3.8) is 0 Å². The molecule has 27 heavy (non-hydrogen) atoms. The van der Waals surface area contributed by atoms with Crippen LogP contribution in [-0.2, 0) is 9.53 Å². The highest BCUT2D eigenvalue weighted by atomic mass is 16.5. The number of H-pyrrole nitrogens is 1. The topological polar surface area (TPSA) is 88.3 Å². The minimum absolute atomic E-state index is 0.225. The normalized spacial score (nSPS) is 10.6. The zero-order valence-electron chi connectivity index (χ0n) is 15.4. The number of nitrogens with one attached hydrogen (secondary N) is 2. The van der Waals surface area contributed by atoms with Gasteiger partial charge in [0.2, 0.25) is 11.7 Å². The zero-order chi connectivity index (χ0) is 19.6. The van der Waals surface area contributed by atoms with Crippen LogP contribution in [0.15, 0.2) is 42.5 Å². The number of ketones is 1. The molecule has 0 radical (unpaired) electrons. The molecule has 0 aliphatic carbocycles. The Kier molecular flexibility index (Phi) is 5.07. The smallest absolute Gasteiger partial charge is 0.338 e. The maximum Gasteiger partial charge on any atom is 0.338 e. The van der Waals surface area contributed by atoms with Crippen LogP contribution in [0.25, 0.3) is 10.9 Å². The number of hydrogen-bond donors (Lipinski definition) is 2. The second-order valence-electron chi connectivity index (χ2n) is 6.21. The van der Waals surface area contributed by atoms with Gasteiger partial charge in [-0.25, -0.2) is 4.79 Å². The molecule has 0 aliphatic rings. The Morgan fingerprint density at radius 1 is 1.11 bits per heavy atom. The van der Waals surface area contributed by atoms with Crippen molar-refractivity contribution in [2.45, 2.75) is 20.8 Å². The molecule has 0 aliphatic heterocycles.